The van der Waals surface area contributed by atoms with Gasteiger partial charge in [-0.25, -0.2) is 4.39 Å². The topological polar surface area (TPSA) is 59.1 Å². The molecular weight excluding hydrogens is 359 g/mol. The molecule has 4 rings (SSSR count). The van der Waals surface area contributed by atoms with Gasteiger partial charge in [0, 0.05) is 28.6 Å². The van der Waals surface area contributed by atoms with Crippen LogP contribution in [0.3, 0.4) is 0 Å². The van der Waals surface area contributed by atoms with Crippen LogP contribution in [-0.4, -0.2) is 16.6 Å². The molecule has 3 nitrogen and oxygen atoms in total. The molecule has 0 atom stereocenters. The van der Waals surface area contributed by atoms with Crippen LogP contribution in [0.25, 0.3) is 32.1 Å². The molecule has 0 aliphatic rings. The number of rotatable bonds is 3. The fourth-order valence-corrected chi connectivity index (χ4v) is 4.13. The summed E-state index contributed by atoms with van der Waals surface area (Å²) in [5.41, 5.74) is 7.78. The highest BCUT2D eigenvalue weighted by Gasteiger charge is 2.18. The number of halogens is 2. The molecule has 126 valence electrons. The third-order valence-corrected chi connectivity index (χ3v) is 5.40. The molecule has 0 aliphatic carbocycles. The number of hydrogen-bond acceptors (Lipinski definition) is 4. The summed E-state index contributed by atoms with van der Waals surface area (Å²) < 4.78 is 15.4. The normalized spacial score (nSPS) is 11.5. The lowest BCUT2D eigenvalue weighted by molar-refractivity contribution is 0.478. The number of fused-ring (bicyclic) bond motifs is 3. The summed E-state index contributed by atoms with van der Waals surface area (Å²) in [6.45, 7) is 0.380. The van der Waals surface area contributed by atoms with Crippen LogP contribution in [-0.2, 0) is 6.42 Å². The second-order valence-electron chi connectivity index (χ2n) is 5.78. The van der Waals surface area contributed by atoms with Gasteiger partial charge in [-0.2, -0.15) is 0 Å². The fraction of sp³-hybridized carbons (Fsp3) is 0.105. The van der Waals surface area contributed by atoms with Crippen molar-refractivity contribution < 1.29 is 9.50 Å². The Balaban J connectivity index is 2.07. The maximum Gasteiger partial charge on any atom is 0.127 e. The molecule has 0 fully saturated rings. The molecule has 0 spiro atoms. The number of phenols is 1. The number of aromatic nitrogens is 1. The monoisotopic (exact) mass is 372 g/mol. The molecule has 2 heterocycles. The van der Waals surface area contributed by atoms with Gasteiger partial charge in [0.15, 0.2) is 0 Å². The largest absolute Gasteiger partial charge is 0.507 e. The van der Waals surface area contributed by atoms with Crippen molar-refractivity contribution in [1.29, 1.82) is 0 Å². The van der Waals surface area contributed by atoms with Crippen molar-refractivity contribution in [3.8, 4) is 16.9 Å². The van der Waals surface area contributed by atoms with Crippen molar-refractivity contribution in [3.63, 3.8) is 0 Å². The van der Waals surface area contributed by atoms with Crippen LogP contribution >= 0.6 is 22.9 Å². The summed E-state index contributed by atoms with van der Waals surface area (Å²) in [5, 5.41) is 14.5. The number of nitrogens with two attached hydrogens (primary N) is 1. The highest BCUT2D eigenvalue weighted by Crippen LogP contribution is 2.43. The minimum Gasteiger partial charge on any atom is -0.507 e. The molecule has 25 heavy (non-hydrogen) atoms. The summed E-state index contributed by atoms with van der Waals surface area (Å²) in [4.78, 5) is 4.43. The smallest absolute Gasteiger partial charge is 0.127 e. The molecule has 0 saturated heterocycles. The molecule has 0 radical (unpaired) electrons. The van der Waals surface area contributed by atoms with E-state index in [4.69, 9.17) is 17.3 Å². The summed E-state index contributed by atoms with van der Waals surface area (Å²) >= 11 is 7.83. The summed E-state index contributed by atoms with van der Waals surface area (Å²) in [5.74, 6) is -0.333. The first-order chi connectivity index (χ1) is 12.1. The highest BCUT2D eigenvalue weighted by molar-refractivity contribution is 7.17. The van der Waals surface area contributed by atoms with Gasteiger partial charge in [0.25, 0.3) is 0 Å². The zero-order chi connectivity index (χ0) is 17.6. The number of nitrogens with zero attached hydrogens (tertiary/aromatic N) is 1. The van der Waals surface area contributed by atoms with Crippen LogP contribution in [0.5, 0.6) is 5.75 Å². The van der Waals surface area contributed by atoms with Crippen LogP contribution in [0, 0.1) is 5.82 Å². The Morgan fingerprint density at radius 3 is 2.84 bits per heavy atom. The number of benzene rings is 2. The molecule has 0 bridgehead atoms. The number of hydrogen-bond donors (Lipinski definition) is 2. The zero-order valence-electron chi connectivity index (χ0n) is 13.1. The van der Waals surface area contributed by atoms with E-state index in [1.54, 1.807) is 29.7 Å². The Hall–Kier alpha value is -2.21. The molecule has 0 unspecified atom stereocenters. The molecule has 6 heteroatoms. The van der Waals surface area contributed by atoms with Crippen LogP contribution in [0.15, 0.2) is 41.9 Å². The van der Waals surface area contributed by atoms with Crippen molar-refractivity contribution in [3.05, 3.63) is 58.3 Å². The Morgan fingerprint density at radius 2 is 2.08 bits per heavy atom. The van der Waals surface area contributed by atoms with Gasteiger partial charge < -0.3 is 10.8 Å². The van der Waals surface area contributed by atoms with E-state index in [1.807, 2.05) is 11.4 Å². The second-order valence-corrected chi connectivity index (χ2v) is 7.13. The second kappa shape index (κ2) is 6.26. The van der Waals surface area contributed by atoms with Gasteiger partial charge in [-0.15, -0.1) is 11.3 Å². The Labute approximate surface area is 152 Å². The first-order valence-electron chi connectivity index (χ1n) is 7.76. The van der Waals surface area contributed by atoms with Crippen LogP contribution in [0.2, 0.25) is 5.02 Å². The molecule has 0 amide bonds. The number of aromatic hydroxyl groups is 1. The van der Waals surface area contributed by atoms with E-state index in [2.05, 4.69) is 4.98 Å². The van der Waals surface area contributed by atoms with Gasteiger partial charge in [0.2, 0.25) is 0 Å². The third kappa shape index (κ3) is 2.65. The molecule has 0 saturated carbocycles. The Bertz CT molecular complexity index is 1110. The predicted octanol–water partition coefficient (Wildman–Crippen LogP) is 5.12. The van der Waals surface area contributed by atoms with E-state index in [-0.39, 0.29) is 11.6 Å². The average Bonchev–Trinajstić information content (AvgIpc) is 3.06. The molecule has 2 aromatic carbocycles. The lowest BCUT2D eigenvalue weighted by atomic mass is 9.96. The molecule has 0 aliphatic heterocycles. The Kier molecular flexibility index (Phi) is 4.07. The van der Waals surface area contributed by atoms with Gasteiger partial charge in [0.05, 0.1) is 15.2 Å². The van der Waals surface area contributed by atoms with E-state index < -0.39 is 0 Å². The van der Waals surface area contributed by atoms with E-state index >= 15 is 0 Å². The third-order valence-electron chi connectivity index (χ3n) is 4.26. The van der Waals surface area contributed by atoms with Gasteiger partial charge >= 0.3 is 0 Å². The van der Waals surface area contributed by atoms with E-state index in [0.717, 1.165) is 15.5 Å². The first kappa shape index (κ1) is 16.3. The first-order valence-corrected chi connectivity index (χ1v) is 9.02. The SMILES string of the molecule is NCCc1ccc(-c2c(O)cc(Cl)c3ncc4sccc4c23)cc1F. The van der Waals surface area contributed by atoms with Crippen LogP contribution in [0.1, 0.15) is 5.56 Å². The maximum atomic E-state index is 14.4. The lowest BCUT2D eigenvalue weighted by Crippen LogP contribution is -2.04. The van der Waals surface area contributed by atoms with Gasteiger partial charge in [0.1, 0.15) is 11.6 Å². The fourth-order valence-electron chi connectivity index (χ4n) is 3.12. The van der Waals surface area contributed by atoms with Crippen molar-refractivity contribution in [2.75, 3.05) is 6.54 Å². The summed E-state index contributed by atoms with van der Waals surface area (Å²) in [6.07, 6.45) is 2.23. The number of pyridine rings is 1. The minimum atomic E-state index is -0.337. The molecule has 2 aromatic heterocycles. The molecule has 4 aromatic rings. The zero-order valence-corrected chi connectivity index (χ0v) is 14.7. The number of thiophene rings is 1. The van der Waals surface area contributed by atoms with Crippen molar-refractivity contribution in [2.45, 2.75) is 6.42 Å². The van der Waals surface area contributed by atoms with E-state index in [0.29, 0.717) is 40.2 Å². The van der Waals surface area contributed by atoms with Crippen molar-refractivity contribution in [1.82, 2.24) is 4.98 Å². The maximum absolute atomic E-state index is 14.4. The molecular formula is C19H14ClFN2OS. The predicted molar refractivity (Wildman–Crippen MR) is 102 cm³/mol. The minimum absolute atomic E-state index is 0.00368. The highest BCUT2D eigenvalue weighted by atomic mass is 35.5. The summed E-state index contributed by atoms with van der Waals surface area (Å²) in [6, 6.07) is 8.34. The van der Waals surface area contributed by atoms with Crippen molar-refractivity contribution in [2.24, 2.45) is 5.73 Å². The standard InChI is InChI=1S/C19H14ClFN2OS/c20-13-8-15(24)17(11-2-1-10(3-5-22)14(21)7-11)18-12-4-6-25-16(12)9-23-19(13)18/h1-2,4,6-9,24H,3,5,22H2. The van der Waals surface area contributed by atoms with Crippen molar-refractivity contribution >= 4 is 43.9 Å². The lowest BCUT2D eigenvalue weighted by Gasteiger charge is -2.13. The van der Waals surface area contributed by atoms with Gasteiger partial charge in [-0.3, -0.25) is 4.98 Å². The number of phenolic OH excluding ortho intramolecular Hbond substituents is 1. The van der Waals surface area contributed by atoms with E-state index in [1.165, 1.54) is 12.1 Å². The Morgan fingerprint density at radius 1 is 1.24 bits per heavy atom. The van der Waals surface area contributed by atoms with Gasteiger partial charge in [-0.05, 0) is 41.6 Å². The quantitative estimate of drug-likeness (QED) is 0.525. The van der Waals surface area contributed by atoms with Crippen LogP contribution in [0.4, 0.5) is 4.39 Å². The average molecular weight is 373 g/mol. The van der Waals surface area contributed by atoms with E-state index in [9.17, 15) is 9.50 Å². The molecule has 3 N–H and O–H groups in total. The summed E-state index contributed by atoms with van der Waals surface area (Å²) in [7, 11) is 0. The van der Waals surface area contributed by atoms with Crippen LogP contribution < -0.4 is 5.73 Å². The van der Waals surface area contributed by atoms with Gasteiger partial charge in [-0.1, -0.05) is 23.7 Å².